The van der Waals surface area contributed by atoms with Crippen molar-refractivity contribution in [2.75, 3.05) is 23.4 Å². The molecule has 53 heavy (non-hydrogen) atoms. The van der Waals surface area contributed by atoms with Crippen molar-refractivity contribution in [2.24, 2.45) is 34.7 Å². The second kappa shape index (κ2) is 13.4. The molecule has 4 aliphatic rings. The summed E-state index contributed by atoms with van der Waals surface area (Å²) in [5.41, 5.74) is 1.70. The van der Waals surface area contributed by atoms with Crippen LogP contribution in [0.3, 0.4) is 0 Å². The highest BCUT2D eigenvalue weighted by atomic mass is 35.5. The number of amides is 3. The van der Waals surface area contributed by atoms with Gasteiger partial charge in [0, 0.05) is 32.3 Å². The Labute approximate surface area is 316 Å². The number of imide groups is 1. The van der Waals surface area contributed by atoms with E-state index in [1.807, 2.05) is 0 Å². The highest BCUT2D eigenvalue weighted by molar-refractivity contribution is 8.00. The Morgan fingerprint density at radius 3 is 2.38 bits per heavy atom. The third-order valence-corrected chi connectivity index (χ3v) is 14.2. The highest BCUT2D eigenvalue weighted by Gasteiger charge is 2.70. The highest BCUT2D eigenvalue weighted by Crippen LogP contribution is 2.69. The molecule has 2 saturated carbocycles. The molecule has 4 aromatic rings. The molecule has 13 nitrogen and oxygen atoms in total. The molecule has 1 saturated heterocycles. The lowest BCUT2D eigenvalue weighted by atomic mass is 9.68. The summed E-state index contributed by atoms with van der Waals surface area (Å²) < 4.78 is 34.4. The normalized spacial score (nSPS) is 25.5. The van der Waals surface area contributed by atoms with Crippen molar-refractivity contribution in [3.8, 4) is 5.75 Å². The van der Waals surface area contributed by atoms with Crippen LogP contribution in [0.1, 0.15) is 40.1 Å². The number of aromatic amines is 1. The molecular weight excluding hydrogens is 764 g/mol. The molecule has 3 amide bonds. The summed E-state index contributed by atoms with van der Waals surface area (Å²) in [6, 6.07) is 16.7. The van der Waals surface area contributed by atoms with E-state index in [0.29, 0.717) is 44.7 Å². The summed E-state index contributed by atoms with van der Waals surface area (Å²) in [5.74, 6) is -3.24. The number of nitrogens with one attached hydrogen (secondary N) is 2. The Kier molecular flexibility index (Phi) is 9.00. The van der Waals surface area contributed by atoms with Crippen LogP contribution < -0.4 is 25.0 Å². The number of H-pyrrole nitrogens is 1. The number of halogens is 1. The minimum Gasteiger partial charge on any atom is -0.483 e. The fourth-order valence-corrected chi connectivity index (χ4v) is 12.1. The topological polar surface area (TPSA) is 195 Å². The van der Waals surface area contributed by atoms with Crippen LogP contribution in [0.4, 0.5) is 11.4 Å². The van der Waals surface area contributed by atoms with E-state index in [0.717, 1.165) is 16.2 Å². The van der Waals surface area contributed by atoms with Crippen molar-refractivity contribution in [1.29, 1.82) is 0 Å². The molecule has 2 aliphatic carbocycles. The zero-order chi connectivity index (χ0) is 37.3. The van der Waals surface area contributed by atoms with Gasteiger partial charge in [-0.2, -0.15) is 0 Å². The van der Waals surface area contributed by atoms with Gasteiger partial charge in [-0.15, -0.1) is 11.8 Å². The molecule has 4 N–H and O–H groups in total. The number of sulfonamides is 1. The Morgan fingerprint density at radius 2 is 1.70 bits per heavy atom. The van der Waals surface area contributed by atoms with Gasteiger partial charge in [0.15, 0.2) is 6.61 Å². The van der Waals surface area contributed by atoms with Gasteiger partial charge in [-0.25, -0.2) is 18.4 Å². The Bertz CT molecular complexity index is 2350. The van der Waals surface area contributed by atoms with E-state index in [1.165, 1.54) is 40.9 Å². The minimum absolute atomic E-state index is 0.0964. The molecule has 7 atom stereocenters. The molecule has 6 unspecified atom stereocenters. The van der Waals surface area contributed by atoms with Crippen molar-refractivity contribution >= 4 is 79.8 Å². The summed E-state index contributed by atoms with van der Waals surface area (Å²) >= 11 is 9.20. The maximum Gasteiger partial charge on any atom is 0.338 e. The molecular formula is C36H31ClN4O9S3. The summed E-state index contributed by atoms with van der Waals surface area (Å²) in [6.45, 7) is 1.53. The number of carbonyl (C=O) groups excluding carboxylic acids is 4. The number of benzene rings is 3. The predicted molar refractivity (Wildman–Crippen MR) is 197 cm³/mol. The molecule has 3 aromatic carbocycles. The third-order valence-electron chi connectivity index (χ3n) is 10.5. The molecule has 3 fully saturated rings. The Hall–Kier alpha value is -4.48. The maximum absolute atomic E-state index is 14.2. The molecule has 8 rings (SSSR count). The van der Waals surface area contributed by atoms with Gasteiger partial charge in [0.1, 0.15) is 5.75 Å². The number of nitrogens with zero attached hydrogens (tertiary/aromatic N) is 1. The lowest BCUT2D eigenvalue weighted by Crippen LogP contribution is -2.42. The van der Waals surface area contributed by atoms with Gasteiger partial charge in [-0.05, 0) is 97.8 Å². The van der Waals surface area contributed by atoms with Crippen LogP contribution >= 0.6 is 34.7 Å². The van der Waals surface area contributed by atoms with Crippen LogP contribution in [-0.4, -0.2) is 55.6 Å². The van der Waals surface area contributed by atoms with Crippen LogP contribution in [0.15, 0.2) is 81.4 Å². The summed E-state index contributed by atoms with van der Waals surface area (Å²) in [4.78, 5) is 71.0. The second-order valence-corrected chi connectivity index (χ2v) is 17.5. The van der Waals surface area contributed by atoms with Gasteiger partial charge >= 0.3 is 10.8 Å². The van der Waals surface area contributed by atoms with E-state index in [4.69, 9.17) is 26.2 Å². The largest absolute Gasteiger partial charge is 0.483 e. The summed E-state index contributed by atoms with van der Waals surface area (Å²) in [6.07, 6.45) is 0.657. The van der Waals surface area contributed by atoms with E-state index in [1.54, 1.807) is 49.4 Å². The summed E-state index contributed by atoms with van der Waals surface area (Å²) in [5, 5.41) is 8.85. The first-order valence-corrected chi connectivity index (χ1v) is 20.4. The lowest BCUT2D eigenvalue weighted by Gasteiger charge is -2.43. The lowest BCUT2D eigenvalue weighted by molar-refractivity contribution is -0.123. The maximum atomic E-state index is 14.2. The van der Waals surface area contributed by atoms with Crippen LogP contribution in [0.5, 0.6) is 5.75 Å². The van der Waals surface area contributed by atoms with Gasteiger partial charge in [-0.3, -0.25) is 24.1 Å². The number of hydrogen-bond acceptors (Lipinski definition) is 11. The number of rotatable bonds is 9. The van der Waals surface area contributed by atoms with Gasteiger partial charge in [0.2, 0.25) is 21.8 Å². The zero-order valence-electron chi connectivity index (χ0n) is 27.8. The van der Waals surface area contributed by atoms with E-state index in [2.05, 4.69) is 10.3 Å². The monoisotopic (exact) mass is 794 g/mol. The SMILES string of the molecule is CCOC(=O)c1ccc(N2C(=O)C3C4CC(C3C2=O)C2C4Sc3[nH]c(=O)sc3[C@@H]2c2cc(Cl)ccc2OCC(=O)Nc2ccc(S(N)(=O)=O)cc2)cc1. The number of aromatic nitrogens is 1. The summed E-state index contributed by atoms with van der Waals surface area (Å²) in [7, 11) is -3.90. The molecule has 1 aromatic heterocycles. The zero-order valence-corrected chi connectivity index (χ0v) is 31.0. The molecule has 0 spiro atoms. The molecule has 2 bridgehead atoms. The fourth-order valence-electron chi connectivity index (χ4n) is 8.54. The van der Waals surface area contributed by atoms with Crippen molar-refractivity contribution < 1.29 is 37.1 Å². The van der Waals surface area contributed by atoms with Crippen LogP contribution in [0.25, 0.3) is 0 Å². The van der Waals surface area contributed by atoms with Crippen molar-refractivity contribution in [3.63, 3.8) is 0 Å². The van der Waals surface area contributed by atoms with Crippen molar-refractivity contribution in [3.05, 3.63) is 97.4 Å². The Morgan fingerprint density at radius 1 is 1.00 bits per heavy atom. The number of thioether (sulfide) groups is 1. The fraction of sp³-hybridized carbons (Fsp3) is 0.306. The van der Waals surface area contributed by atoms with E-state index in [9.17, 15) is 32.4 Å². The van der Waals surface area contributed by atoms with Crippen molar-refractivity contribution in [2.45, 2.75) is 34.4 Å². The first kappa shape index (κ1) is 35.5. The quantitative estimate of drug-likeness (QED) is 0.159. The van der Waals surface area contributed by atoms with E-state index in [-0.39, 0.29) is 51.2 Å². The second-order valence-electron chi connectivity index (χ2n) is 13.3. The van der Waals surface area contributed by atoms with Crippen LogP contribution in [0.2, 0.25) is 5.02 Å². The molecule has 17 heteroatoms. The number of anilines is 2. The molecule has 274 valence electrons. The number of carbonyl (C=O) groups is 4. The Balaban J connectivity index is 1.08. The number of thiazole rings is 1. The minimum atomic E-state index is -3.90. The van der Waals surface area contributed by atoms with Gasteiger partial charge < -0.3 is 19.8 Å². The molecule has 0 radical (unpaired) electrons. The first-order valence-electron chi connectivity index (χ1n) is 16.7. The first-order chi connectivity index (χ1) is 25.3. The predicted octanol–water partition coefficient (Wildman–Crippen LogP) is 4.61. The number of fused-ring (bicyclic) bond motifs is 9. The average molecular weight is 795 g/mol. The molecule has 2 aliphatic heterocycles. The number of ether oxygens (including phenoxy) is 2. The number of nitrogens with two attached hydrogens (primary N) is 1. The number of primary sulfonamides is 1. The van der Waals surface area contributed by atoms with Crippen LogP contribution in [-0.2, 0) is 29.1 Å². The van der Waals surface area contributed by atoms with Crippen molar-refractivity contribution in [1.82, 2.24) is 4.98 Å². The number of esters is 1. The average Bonchev–Trinajstić information content (AvgIpc) is 3.86. The van der Waals surface area contributed by atoms with E-state index < -0.39 is 46.3 Å². The third kappa shape index (κ3) is 6.15. The number of hydrogen-bond donors (Lipinski definition) is 3. The van der Waals surface area contributed by atoms with Gasteiger partial charge in [0.05, 0.1) is 39.6 Å². The van der Waals surface area contributed by atoms with E-state index >= 15 is 0 Å². The van der Waals surface area contributed by atoms with Crippen LogP contribution in [0, 0.1) is 29.6 Å². The van der Waals surface area contributed by atoms with Gasteiger partial charge in [-0.1, -0.05) is 22.9 Å². The smallest absolute Gasteiger partial charge is 0.338 e. The van der Waals surface area contributed by atoms with Gasteiger partial charge in [0.25, 0.3) is 5.91 Å². The molecule has 3 heterocycles. The standard InChI is InChI=1S/C36H31ClN4O9S3/c1-2-49-35(45)16-3-8-19(9-4-16)41-33(43)28-22-14-23(29(28)34(41)44)30-27(22)26(31-32(51-30)40-36(46)52-31)21-13-17(37)5-12-24(21)50-15-25(42)39-18-6-10-20(11-7-18)53(38,47)48/h3-13,22-23,26-30H,2,14-15H2,1H3,(H,39,42)(H,40,46)(H2,38,47,48)/t22?,23?,26-,27?,28?,29?,30?/m1/s1.